The van der Waals surface area contributed by atoms with Gasteiger partial charge in [-0.2, -0.15) is 0 Å². The molecule has 0 radical (unpaired) electrons. The molecule has 0 amide bonds. The summed E-state index contributed by atoms with van der Waals surface area (Å²) in [5, 5.41) is 3.07. The molecule has 0 bridgehead atoms. The maximum atomic E-state index is 5.74. The molecule has 3 heteroatoms. The maximum Gasteiger partial charge on any atom is 0.123 e. The number of aromatic nitrogens is 1. The predicted octanol–water partition coefficient (Wildman–Crippen LogP) is 4.50. The van der Waals surface area contributed by atoms with Gasteiger partial charge in [0, 0.05) is 10.9 Å². The van der Waals surface area contributed by atoms with Gasteiger partial charge in [-0.25, -0.2) is 4.98 Å². The highest BCUT2D eigenvalue weighted by Gasteiger charge is 2.03. The van der Waals surface area contributed by atoms with E-state index in [1.807, 2.05) is 5.38 Å². The lowest BCUT2D eigenvalue weighted by atomic mass is 10.1. The molecular formula is C13H14ClNS. The third kappa shape index (κ3) is 2.63. The zero-order valence-corrected chi connectivity index (χ0v) is 10.8. The lowest BCUT2D eigenvalue weighted by Crippen LogP contribution is -1.83. The van der Waals surface area contributed by atoms with Crippen LogP contribution in [0.4, 0.5) is 0 Å². The molecule has 2 aromatic rings. The van der Waals surface area contributed by atoms with E-state index < -0.39 is 0 Å². The zero-order valence-electron chi connectivity index (χ0n) is 9.24. The van der Waals surface area contributed by atoms with E-state index in [0.717, 1.165) is 17.1 Å². The van der Waals surface area contributed by atoms with Gasteiger partial charge in [-0.3, -0.25) is 0 Å². The Kier molecular flexibility index (Phi) is 3.97. The Bertz CT molecular complexity index is 447. The van der Waals surface area contributed by atoms with Crippen LogP contribution in [0.2, 0.25) is 0 Å². The Morgan fingerprint density at radius 2 is 2.00 bits per heavy atom. The molecule has 0 spiro atoms. The van der Waals surface area contributed by atoms with Crippen LogP contribution in [-0.2, 0) is 12.3 Å². The molecule has 1 aromatic carbocycles. The number of rotatable bonds is 4. The van der Waals surface area contributed by atoms with E-state index in [4.69, 9.17) is 11.6 Å². The summed E-state index contributed by atoms with van der Waals surface area (Å²) in [6, 6.07) is 8.64. The molecule has 1 nitrogen and oxygen atoms in total. The number of hydrogen-bond donors (Lipinski definition) is 0. The van der Waals surface area contributed by atoms with E-state index >= 15 is 0 Å². The highest BCUT2D eigenvalue weighted by molar-refractivity contribution is 7.13. The molecule has 0 atom stereocenters. The van der Waals surface area contributed by atoms with Gasteiger partial charge >= 0.3 is 0 Å². The standard InChI is InChI=1S/C13H14ClNS/c1-2-3-10-4-6-11(7-5-10)13-15-12(8-14)9-16-13/h4-7,9H,2-3,8H2,1H3. The third-order valence-electron chi connectivity index (χ3n) is 2.43. The van der Waals surface area contributed by atoms with Gasteiger partial charge in [0.05, 0.1) is 11.6 Å². The van der Waals surface area contributed by atoms with Crippen molar-refractivity contribution in [1.82, 2.24) is 4.98 Å². The molecular weight excluding hydrogens is 238 g/mol. The molecule has 1 heterocycles. The maximum absolute atomic E-state index is 5.74. The van der Waals surface area contributed by atoms with Crippen molar-refractivity contribution in [2.75, 3.05) is 0 Å². The van der Waals surface area contributed by atoms with Gasteiger partial charge in [-0.15, -0.1) is 22.9 Å². The van der Waals surface area contributed by atoms with Crippen LogP contribution in [0, 0.1) is 0 Å². The number of hydrogen-bond acceptors (Lipinski definition) is 2. The van der Waals surface area contributed by atoms with Gasteiger partial charge in [0.2, 0.25) is 0 Å². The molecule has 0 unspecified atom stereocenters. The Labute approximate surface area is 105 Å². The molecule has 0 aliphatic heterocycles. The normalized spacial score (nSPS) is 10.6. The fraction of sp³-hybridized carbons (Fsp3) is 0.308. The predicted molar refractivity (Wildman–Crippen MR) is 71.1 cm³/mol. The summed E-state index contributed by atoms with van der Waals surface area (Å²) >= 11 is 7.39. The fourth-order valence-corrected chi connectivity index (χ4v) is 2.66. The van der Waals surface area contributed by atoms with Gasteiger partial charge in [-0.05, 0) is 12.0 Å². The van der Waals surface area contributed by atoms with Crippen LogP contribution >= 0.6 is 22.9 Å². The van der Waals surface area contributed by atoms with Gasteiger partial charge in [-0.1, -0.05) is 37.6 Å². The minimum Gasteiger partial charge on any atom is -0.240 e. The van der Waals surface area contributed by atoms with E-state index in [-0.39, 0.29) is 0 Å². The molecule has 0 fully saturated rings. The number of benzene rings is 1. The summed E-state index contributed by atoms with van der Waals surface area (Å²) in [4.78, 5) is 4.46. The molecule has 0 aliphatic carbocycles. The minimum absolute atomic E-state index is 0.490. The van der Waals surface area contributed by atoms with Crippen LogP contribution in [0.1, 0.15) is 24.6 Å². The Morgan fingerprint density at radius 3 is 2.56 bits per heavy atom. The summed E-state index contributed by atoms with van der Waals surface area (Å²) in [6.45, 7) is 2.20. The number of aryl methyl sites for hydroxylation is 1. The van der Waals surface area contributed by atoms with Crippen molar-refractivity contribution in [3.05, 3.63) is 40.9 Å². The smallest absolute Gasteiger partial charge is 0.123 e. The number of thiazole rings is 1. The first-order chi connectivity index (χ1) is 7.83. The summed E-state index contributed by atoms with van der Waals surface area (Å²) in [5.74, 6) is 0.490. The minimum atomic E-state index is 0.490. The van der Waals surface area contributed by atoms with Crippen LogP contribution in [0.15, 0.2) is 29.6 Å². The van der Waals surface area contributed by atoms with Crippen molar-refractivity contribution in [1.29, 1.82) is 0 Å². The van der Waals surface area contributed by atoms with Gasteiger partial charge in [0.25, 0.3) is 0 Å². The average molecular weight is 252 g/mol. The summed E-state index contributed by atoms with van der Waals surface area (Å²) in [6.07, 6.45) is 2.33. The zero-order chi connectivity index (χ0) is 11.4. The number of halogens is 1. The summed E-state index contributed by atoms with van der Waals surface area (Å²) in [5.41, 5.74) is 3.53. The summed E-state index contributed by atoms with van der Waals surface area (Å²) < 4.78 is 0. The lowest BCUT2D eigenvalue weighted by Gasteiger charge is -2.00. The second kappa shape index (κ2) is 5.46. The van der Waals surface area contributed by atoms with Crippen LogP contribution in [0.3, 0.4) is 0 Å². The topological polar surface area (TPSA) is 12.9 Å². The Balaban J connectivity index is 2.20. The van der Waals surface area contributed by atoms with E-state index in [1.54, 1.807) is 11.3 Å². The van der Waals surface area contributed by atoms with E-state index in [2.05, 4.69) is 36.2 Å². The van der Waals surface area contributed by atoms with Crippen LogP contribution < -0.4 is 0 Å². The first kappa shape index (κ1) is 11.6. The second-order valence-corrected chi connectivity index (χ2v) is 4.85. The van der Waals surface area contributed by atoms with E-state index in [1.165, 1.54) is 17.5 Å². The highest BCUT2D eigenvalue weighted by Crippen LogP contribution is 2.24. The van der Waals surface area contributed by atoms with Gasteiger partial charge in [0.1, 0.15) is 5.01 Å². The monoisotopic (exact) mass is 251 g/mol. The van der Waals surface area contributed by atoms with E-state index in [9.17, 15) is 0 Å². The molecule has 0 aliphatic rings. The SMILES string of the molecule is CCCc1ccc(-c2nc(CCl)cs2)cc1. The highest BCUT2D eigenvalue weighted by atomic mass is 35.5. The Hall–Kier alpha value is -0.860. The summed E-state index contributed by atoms with van der Waals surface area (Å²) in [7, 11) is 0. The number of alkyl halides is 1. The van der Waals surface area contributed by atoms with Crippen molar-refractivity contribution in [2.45, 2.75) is 25.6 Å². The molecule has 1 aromatic heterocycles. The Morgan fingerprint density at radius 1 is 1.25 bits per heavy atom. The van der Waals surface area contributed by atoms with Crippen molar-refractivity contribution in [2.24, 2.45) is 0 Å². The lowest BCUT2D eigenvalue weighted by molar-refractivity contribution is 0.922. The largest absolute Gasteiger partial charge is 0.240 e. The van der Waals surface area contributed by atoms with Crippen molar-refractivity contribution in [3.8, 4) is 10.6 Å². The fourth-order valence-electron chi connectivity index (χ4n) is 1.60. The molecule has 16 heavy (non-hydrogen) atoms. The van der Waals surface area contributed by atoms with Crippen LogP contribution in [0.25, 0.3) is 10.6 Å². The number of nitrogens with zero attached hydrogens (tertiary/aromatic N) is 1. The molecule has 0 saturated heterocycles. The van der Waals surface area contributed by atoms with Crippen LogP contribution in [-0.4, -0.2) is 4.98 Å². The average Bonchev–Trinajstić information content (AvgIpc) is 2.79. The molecule has 2 rings (SSSR count). The van der Waals surface area contributed by atoms with Gasteiger partial charge in [0.15, 0.2) is 0 Å². The van der Waals surface area contributed by atoms with Crippen molar-refractivity contribution < 1.29 is 0 Å². The molecule has 0 saturated carbocycles. The first-order valence-electron chi connectivity index (χ1n) is 5.43. The van der Waals surface area contributed by atoms with Gasteiger partial charge < -0.3 is 0 Å². The molecule has 84 valence electrons. The molecule has 0 N–H and O–H groups in total. The third-order valence-corrected chi connectivity index (χ3v) is 3.64. The van der Waals surface area contributed by atoms with Crippen LogP contribution in [0.5, 0.6) is 0 Å². The second-order valence-electron chi connectivity index (χ2n) is 3.72. The first-order valence-corrected chi connectivity index (χ1v) is 6.84. The quantitative estimate of drug-likeness (QED) is 0.729. The van der Waals surface area contributed by atoms with Crippen molar-refractivity contribution >= 4 is 22.9 Å². The van der Waals surface area contributed by atoms with Crippen molar-refractivity contribution in [3.63, 3.8) is 0 Å². The van der Waals surface area contributed by atoms with E-state index in [0.29, 0.717) is 5.88 Å².